The monoisotopic (exact) mass is 1370 g/mol. The Morgan fingerprint density at radius 3 is 0.810 bits per heavy atom. The van der Waals surface area contributed by atoms with Crippen molar-refractivity contribution in [3.8, 4) is 66.8 Å². The Hall–Kier alpha value is -10.2. The second-order valence-corrected chi connectivity index (χ2v) is 31.6. The van der Waals surface area contributed by atoms with Crippen LogP contribution >= 0.6 is 0 Å². The highest BCUT2D eigenvalue weighted by Crippen LogP contribution is 2.42. The van der Waals surface area contributed by atoms with Crippen molar-refractivity contribution in [2.24, 2.45) is 0 Å². The van der Waals surface area contributed by atoms with Gasteiger partial charge in [0.05, 0.1) is 33.6 Å². The first-order valence-electron chi connectivity index (χ1n) is 36.9. The summed E-state index contributed by atoms with van der Waals surface area (Å²) in [6.07, 6.45) is 0. The number of hydrogen-bond donors (Lipinski definition) is 0. The van der Waals surface area contributed by atoms with Gasteiger partial charge in [-0.3, -0.25) is 0 Å². The number of hydrogen-bond acceptors (Lipinski definition) is 6. The van der Waals surface area contributed by atoms with Crippen molar-refractivity contribution >= 4 is 102 Å². The number of fused-ring (bicyclic) bond motifs is 6. The maximum absolute atomic E-state index is 6.27. The van der Waals surface area contributed by atoms with Crippen LogP contribution in [0.15, 0.2) is 309 Å². The largest absolute Gasteiger partial charge is 0.494 e. The van der Waals surface area contributed by atoms with Gasteiger partial charge < -0.3 is 27.9 Å². The molecule has 9 heteroatoms. The molecule has 3 aliphatic rings. The SMILES string of the molecule is CC1(C)OB(c2ccc3cc(-c4cc(-c5ccccc5)c5ccccc5c4)ccc3c2)OC1(C)C.CC1(C)OB(c2ccc3cc(-c4ccc5c(-c6ccccc6)cccc5c4)ccc3c2)OC1(C)C.CC1(C)OB(c2ccc3cc(-c4ccc5cc(-c6ccccc6)ccc5c4)ccc3c2)OC1(C)C. The van der Waals surface area contributed by atoms with Crippen molar-refractivity contribution in [1.82, 2.24) is 0 Å². The van der Waals surface area contributed by atoms with Crippen LogP contribution in [0.5, 0.6) is 0 Å². The third-order valence-electron chi connectivity index (χ3n) is 23.0. The van der Waals surface area contributed by atoms with Crippen molar-refractivity contribution in [1.29, 1.82) is 0 Å². The van der Waals surface area contributed by atoms with Crippen molar-refractivity contribution in [3.63, 3.8) is 0 Å². The minimum absolute atomic E-state index is 0.339. The van der Waals surface area contributed by atoms with Gasteiger partial charge in [-0.15, -0.1) is 0 Å². The van der Waals surface area contributed by atoms with Crippen LogP contribution in [0.4, 0.5) is 0 Å². The fourth-order valence-electron chi connectivity index (χ4n) is 14.6. The van der Waals surface area contributed by atoms with Gasteiger partial charge in [-0.25, -0.2) is 0 Å². The Balaban J connectivity index is 0.000000121. The van der Waals surface area contributed by atoms with Gasteiger partial charge in [0.15, 0.2) is 0 Å². The van der Waals surface area contributed by atoms with Crippen LogP contribution in [0.25, 0.3) is 131 Å². The lowest BCUT2D eigenvalue weighted by atomic mass is 9.78. The highest BCUT2D eigenvalue weighted by atomic mass is 16.7. The summed E-state index contributed by atoms with van der Waals surface area (Å²) in [6, 6.07) is 111. The van der Waals surface area contributed by atoms with Crippen LogP contribution in [-0.4, -0.2) is 55.0 Å². The average Bonchev–Trinajstić information content (AvgIpc) is 1.64. The summed E-state index contributed by atoms with van der Waals surface area (Å²) in [7, 11) is -1.04. The molecule has 15 aromatic rings. The Kier molecular flexibility index (Phi) is 17.8. The summed E-state index contributed by atoms with van der Waals surface area (Å²) in [4.78, 5) is 0. The van der Waals surface area contributed by atoms with Gasteiger partial charge in [0.1, 0.15) is 0 Å². The summed E-state index contributed by atoms with van der Waals surface area (Å²) >= 11 is 0. The topological polar surface area (TPSA) is 55.4 Å². The number of benzene rings is 15. The van der Waals surface area contributed by atoms with E-state index in [0.717, 1.165) is 16.4 Å². The smallest absolute Gasteiger partial charge is 0.399 e. The van der Waals surface area contributed by atoms with Gasteiger partial charge >= 0.3 is 21.4 Å². The highest BCUT2D eigenvalue weighted by Gasteiger charge is 2.54. The maximum atomic E-state index is 6.27. The fraction of sp³-hybridized carbons (Fsp3) is 0.188. The lowest BCUT2D eigenvalue weighted by molar-refractivity contribution is 0.00578. The Morgan fingerprint density at radius 1 is 0.171 bits per heavy atom. The van der Waals surface area contributed by atoms with Crippen molar-refractivity contribution < 1.29 is 27.9 Å². The second-order valence-electron chi connectivity index (χ2n) is 31.6. The second kappa shape index (κ2) is 27.1. The van der Waals surface area contributed by atoms with Crippen molar-refractivity contribution in [3.05, 3.63) is 309 Å². The number of rotatable bonds is 9. The molecule has 0 saturated carbocycles. The van der Waals surface area contributed by atoms with Crippen molar-refractivity contribution in [2.75, 3.05) is 0 Å². The van der Waals surface area contributed by atoms with E-state index < -0.39 is 0 Å². The van der Waals surface area contributed by atoms with E-state index in [9.17, 15) is 0 Å². The summed E-state index contributed by atoms with van der Waals surface area (Å²) in [5.41, 5.74) is 15.9. The van der Waals surface area contributed by atoms with E-state index in [4.69, 9.17) is 27.9 Å². The first-order chi connectivity index (χ1) is 50.4. The first kappa shape index (κ1) is 69.2. The zero-order valence-corrected chi connectivity index (χ0v) is 62.1. The molecule has 516 valence electrons. The molecule has 0 N–H and O–H groups in total. The fourth-order valence-corrected chi connectivity index (χ4v) is 14.6. The van der Waals surface area contributed by atoms with E-state index >= 15 is 0 Å². The first-order valence-corrected chi connectivity index (χ1v) is 36.9. The molecule has 0 spiro atoms. The zero-order chi connectivity index (χ0) is 72.6. The minimum atomic E-state index is -0.349. The van der Waals surface area contributed by atoms with Gasteiger partial charge in [0.25, 0.3) is 0 Å². The third-order valence-corrected chi connectivity index (χ3v) is 23.0. The summed E-state index contributed by atoms with van der Waals surface area (Å²) in [5.74, 6) is 0. The Bertz CT molecular complexity index is 5730. The molecule has 105 heavy (non-hydrogen) atoms. The molecule has 3 heterocycles. The molecule has 0 radical (unpaired) electrons. The molecule has 3 fully saturated rings. The lowest BCUT2D eigenvalue weighted by Gasteiger charge is -2.32. The van der Waals surface area contributed by atoms with Crippen molar-refractivity contribution in [2.45, 2.75) is 117 Å². The van der Waals surface area contributed by atoms with E-state index in [1.165, 1.54) is 131 Å². The molecule has 0 bridgehead atoms. The van der Waals surface area contributed by atoms with Crippen LogP contribution in [0.3, 0.4) is 0 Å². The molecule has 0 unspecified atom stereocenters. The molecule has 0 aromatic heterocycles. The van der Waals surface area contributed by atoms with Gasteiger partial charge in [0.2, 0.25) is 0 Å². The highest BCUT2D eigenvalue weighted by molar-refractivity contribution is 6.63. The maximum Gasteiger partial charge on any atom is 0.494 e. The molecule has 3 saturated heterocycles. The average molecular weight is 1370 g/mol. The van der Waals surface area contributed by atoms with Crippen LogP contribution in [-0.2, 0) is 27.9 Å². The molecule has 18 rings (SSSR count). The third kappa shape index (κ3) is 13.6. The van der Waals surface area contributed by atoms with Crippen LogP contribution in [0, 0.1) is 0 Å². The predicted molar refractivity (Wildman–Crippen MR) is 444 cm³/mol. The Labute approximate surface area is 619 Å². The van der Waals surface area contributed by atoms with Gasteiger partial charge in [-0.05, 0) is 279 Å². The molecule has 0 aliphatic carbocycles. The van der Waals surface area contributed by atoms with E-state index in [2.05, 4.69) is 392 Å². The van der Waals surface area contributed by atoms with Gasteiger partial charge in [0, 0.05) is 0 Å². The Morgan fingerprint density at radius 2 is 0.429 bits per heavy atom. The summed E-state index contributed by atoms with van der Waals surface area (Å²) in [5, 5.41) is 14.7. The quantitative estimate of drug-likeness (QED) is 0.134. The molecular weight excluding hydrogens is 1280 g/mol. The van der Waals surface area contributed by atoms with Crippen LogP contribution < -0.4 is 16.4 Å². The van der Waals surface area contributed by atoms with E-state index in [0.29, 0.717) is 0 Å². The van der Waals surface area contributed by atoms with E-state index in [1.54, 1.807) is 0 Å². The van der Waals surface area contributed by atoms with E-state index in [-0.39, 0.29) is 55.0 Å². The molecule has 6 nitrogen and oxygen atoms in total. The lowest BCUT2D eigenvalue weighted by Crippen LogP contribution is -2.41. The zero-order valence-electron chi connectivity index (χ0n) is 62.1. The van der Waals surface area contributed by atoms with Gasteiger partial charge in [-0.2, -0.15) is 0 Å². The standard InChI is InChI=1S/3C32H29BO2/c1-31(2)32(3,4)35-33(34-31)28-17-16-23-18-24(14-15-25(23)20-28)27-19-26-12-8-9-13-29(26)30(21-27)22-10-6-5-7-11-22;1-31(2)32(3,4)35-33(34-31)28-17-15-24-19-23(13-14-26(24)21-28)25-16-18-30-27(20-25)11-8-12-29(30)22-9-6-5-7-10-22;1-31(2)32(3,4)35-33(34-31)30-17-16-28-20-27(14-15-29(28)21-30)26-13-12-24-18-23(10-11-25(24)19-26)22-8-6-5-7-9-22/h3*5-21H,1-4H3. The normalized spacial score (nSPS) is 16.7. The molecule has 15 aromatic carbocycles. The minimum Gasteiger partial charge on any atom is -0.399 e. The van der Waals surface area contributed by atoms with Gasteiger partial charge in [-0.1, -0.05) is 261 Å². The molecule has 0 atom stereocenters. The summed E-state index contributed by atoms with van der Waals surface area (Å²) < 4.78 is 37.5. The predicted octanol–water partition coefficient (Wildman–Crippen LogP) is 22.9. The molecule has 0 amide bonds. The van der Waals surface area contributed by atoms with E-state index in [1.807, 2.05) is 0 Å². The molecule has 3 aliphatic heterocycles. The van der Waals surface area contributed by atoms with Crippen LogP contribution in [0.2, 0.25) is 0 Å². The molecular formula is C96H87B3O6. The summed E-state index contributed by atoms with van der Waals surface area (Å²) in [6.45, 7) is 25.1. The van der Waals surface area contributed by atoms with Crippen LogP contribution in [0.1, 0.15) is 83.1 Å².